The first-order valence-corrected chi connectivity index (χ1v) is 11.0. The van der Waals surface area contributed by atoms with Crippen molar-refractivity contribution in [2.45, 2.75) is 0 Å². The van der Waals surface area contributed by atoms with Crippen LogP contribution in [0.4, 0.5) is 0 Å². The van der Waals surface area contributed by atoms with Gasteiger partial charge in [0.1, 0.15) is 0 Å². The SMILES string of the molecule is O=C(O)c1ccc(C(=O)O)c(P(=O)(O)O)c1.O=C(O)c1ccc(P(=O)(O)O)c(C(=O)O)c1. The number of aromatic carboxylic acids is 4. The Hall–Kier alpha value is -3.38. The molecule has 0 aromatic heterocycles. The summed E-state index contributed by atoms with van der Waals surface area (Å²) in [5.74, 6) is -5.90. The molecular weight excluding hydrogens is 478 g/mol. The normalized spacial score (nSPS) is 11.1. The fourth-order valence-corrected chi connectivity index (χ4v) is 3.71. The average molecular weight is 492 g/mol. The van der Waals surface area contributed by atoms with E-state index in [1.807, 2.05) is 0 Å². The Kier molecular flexibility index (Phi) is 8.19. The highest BCUT2D eigenvalue weighted by atomic mass is 31.2. The molecule has 2 rings (SSSR count). The van der Waals surface area contributed by atoms with E-state index in [2.05, 4.69) is 0 Å². The molecule has 0 fully saturated rings. The highest BCUT2D eigenvalue weighted by Crippen LogP contribution is 2.35. The molecule has 0 saturated heterocycles. The van der Waals surface area contributed by atoms with Gasteiger partial charge in [0.05, 0.1) is 32.9 Å². The summed E-state index contributed by atoms with van der Waals surface area (Å²) < 4.78 is 21.9. The summed E-state index contributed by atoms with van der Waals surface area (Å²) in [7, 11) is -9.55. The van der Waals surface area contributed by atoms with E-state index in [1.54, 1.807) is 0 Å². The van der Waals surface area contributed by atoms with Gasteiger partial charge in [-0.3, -0.25) is 9.13 Å². The van der Waals surface area contributed by atoms with E-state index < -0.39 is 60.8 Å². The van der Waals surface area contributed by atoms with Gasteiger partial charge in [0.15, 0.2) is 0 Å². The number of rotatable bonds is 6. The highest BCUT2D eigenvalue weighted by molar-refractivity contribution is 7.60. The number of benzene rings is 2. The van der Waals surface area contributed by atoms with Crippen LogP contribution >= 0.6 is 15.2 Å². The maximum absolute atomic E-state index is 11.0. The summed E-state index contributed by atoms with van der Waals surface area (Å²) in [6.45, 7) is 0. The second-order valence-electron chi connectivity index (χ2n) is 5.77. The zero-order chi connectivity index (χ0) is 25.0. The molecule has 172 valence electrons. The summed E-state index contributed by atoms with van der Waals surface area (Å²) in [4.78, 5) is 77.9. The van der Waals surface area contributed by atoms with E-state index in [9.17, 15) is 28.3 Å². The van der Waals surface area contributed by atoms with Gasteiger partial charge in [0, 0.05) is 0 Å². The number of hydrogen-bond acceptors (Lipinski definition) is 6. The third kappa shape index (κ3) is 6.82. The Balaban J connectivity index is 0.000000320. The minimum atomic E-state index is -4.82. The van der Waals surface area contributed by atoms with Gasteiger partial charge in [-0.1, -0.05) is 0 Å². The van der Waals surface area contributed by atoms with Crippen LogP contribution in [0.15, 0.2) is 36.4 Å². The van der Waals surface area contributed by atoms with Crippen molar-refractivity contribution >= 4 is 49.7 Å². The molecule has 0 aliphatic heterocycles. The second-order valence-corrected chi connectivity index (χ2v) is 8.91. The third-order valence-electron chi connectivity index (χ3n) is 3.58. The molecule has 0 heterocycles. The quantitative estimate of drug-likeness (QED) is 0.242. The predicted molar refractivity (Wildman–Crippen MR) is 104 cm³/mol. The summed E-state index contributed by atoms with van der Waals surface area (Å²) in [6, 6.07) is 4.91. The Morgan fingerprint density at radius 2 is 0.938 bits per heavy atom. The first-order valence-electron chi connectivity index (χ1n) is 7.80. The lowest BCUT2D eigenvalue weighted by atomic mass is 10.1. The second kappa shape index (κ2) is 9.83. The molecule has 0 atom stereocenters. The van der Waals surface area contributed by atoms with Crippen LogP contribution in [0.25, 0.3) is 0 Å². The Labute approximate surface area is 177 Å². The van der Waals surface area contributed by atoms with Crippen molar-refractivity contribution < 1.29 is 68.3 Å². The van der Waals surface area contributed by atoms with E-state index in [4.69, 9.17) is 40.0 Å². The molecule has 0 radical (unpaired) electrons. The molecule has 8 N–H and O–H groups in total. The summed E-state index contributed by atoms with van der Waals surface area (Å²) >= 11 is 0. The Morgan fingerprint density at radius 3 is 1.31 bits per heavy atom. The van der Waals surface area contributed by atoms with Crippen molar-refractivity contribution in [1.82, 2.24) is 0 Å². The van der Waals surface area contributed by atoms with Gasteiger partial charge < -0.3 is 40.0 Å². The number of carboxylic acid groups (broad SMARTS) is 4. The third-order valence-corrected chi connectivity index (χ3v) is 5.59. The number of carbonyl (C=O) groups is 4. The summed E-state index contributed by atoms with van der Waals surface area (Å²) in [5.41, 5.74) is -2.07. The highest BCUT2D eigenvalue weighted by Gasteiger charge is 2.27. The molecular formula is C16H14O14P2. The van der Waals surface area contributed by atoms with Crippen LogP contribution in [0, 0.1) is 0 Å². The number of hydrogen-bond donors (Lipinski definition) is 8. The van der Waals surface area contributed by atoms with Crippen LogP contribution < -0.4 is 10.6 Å². The van der Waals surface area contributed by atoms with Gasteiger partial charge >= 0.3 is 39.1 Å². The summed E-state index contributed by atoms with van der Waals surface area (Å²) in [5, 5.41) is 33.1. The maximum atomic E-state index is 11.0. The van der Waals surface area contributed by atoms with Crippen molar-refractivity contribution in [3.63, 3.8) is 0 Å². The zero-order valence-electron chi connectivity index (χ0n) is 15.4. The van der Waals surface area contributed by atoms with E-state index in [0.717, 1.165) is 24.3 Å². The molecule has 0 aliphatic rings. The lowest BCUT2D eigenvalue weighted by Gasteiger charge is -2.08. The largest absolute Gasteiger partial charge is 0.478 e. The molecule has 0 bridgehead atoms. The molecule has 16 heteroatoms. The molecule has 0 aliphatic carbocycles. The lowest BCUT2D eigenvalue weighted by Crippen LogP contribution is -2.17. The fraction of sp³-hybridized carbons (Fsp3) is 0. The predicted octanol–water partition coefficient (Wildman–Crippen LogP) is -0.228. The number of carboxylic acids is 4. The fourth-order valence-electron chi connectivity index (χ4n) is 2.18. The molecule has 0 spiro atoms. The van der Waals surface area contributed by atoms with Crippen molar-refractivity contribution in [2.24, 2.45) is 0 Å². The Bertz CT molecular complexity index is 1190. The van der Waals surface area contributed by atoms with Crippen molar-refractivity contribution in [1.29, 1.82) is 0 Å². The monoisotopic (exact) mass is 492 g/mol. The summed E-state index contributed by atoms with van der Waals surface area (Å²) in [6.07, 6.45) is 0. The van der Waals surface area contributed by atoms with Crippen LogP contribution in [-0.2, 0) is 9.13 Å². The topological polar surface area (TPSA) is 264 Å². The molecule has 2 aromatic rings. The van der Waals surface area contributed by atoms with Crippen molar-refractivity contribution in [3.8, 4) is 0 Å². The Morgan fingerprint density at radius 1 is 0.531 bits per heavy atom. The molecule has 0 amide bonds. The van der Waals surface area contributed by atoms with Gasteiger partial charge in [-0.05, 0) is 36.4 Å². The average Bonchev–Trinajstić information content (AvgIpc) is 2.65. The zero-order valence-corrected chi connectivity index (χ0v) is 17.2. The maximum Gasteiger partial charge on any atom is 0.357 e. The van der Waals surface area contributed by atoms with E-state index in [-0.39, 0.29) is 11.1 Å². The van der Waals surface area contributed by atoms with Gasteiger partial charge in [0.25, 0.3) is 0 Å². The first-order chi connectivity index (χ1) is 14.5. The van der Waals surface area contributed by atoms with Gasteiger partial charge in [-0.2, -0.15) is 0 Å². The molecule has 32 heavy (non-hydrogen) atoms. The smallest absolute Gasteiger partial charge is 0.357 e. The first kappa shape index (κ1) is 26.7. The molecule has 2 aromatic carbocycles. The van der Waals surface area contributed by atoms with Crippen LogP contribution in [0.3, 0.4) is 0 Å². The van der Waals surface area contributed by atoms with Crippen molar-refractivity contribution in [3.05, 3.63) is 58.7 Å². The van der Waals surface area contributed by atoms with Gasteiger partial charge in [-0.25, -0.2) is 19.2 Å². The van der Waals surface area contributed by atoms with Crippen molar-refractivity contribution in [2.75, 3.05) is 0 Å². The van der Waals surface area contributed by atoms with Gasteiger partial charge in [-0.15, -0.1) is 0 Å². The van der Waals surface area contributed by atoms with E-state index in [0.29, 0.717) is 12.1 Å². The molecule has 0 unspecified atom stereocenters. The van der Waals surface area contributed by atoms with Gasteiger partial charge in [0.2, 0.25) is 0 Å². The van der Waals surface area contributed by atoms with E-state index >= 15 is 0 Å². The van der Waals surface area contributed by atoms with Crippen LogP contribution in [-0.4, -0.2) is 63.9 Å². The van der Waals surface area contributed by atoms with Crippen LogP contribution in [0.5, 0.6) is 0 Å². The van der Waals surface area contributed by atoms with Crippen LogP contribution in [0.2, 0.25) is 0 Å². The molecule has 14 nitrogen and oxygen atoms in total. The van der Waals surface area contributed by atoms with E-state index in [1.165, 1.54) is 0 Å². The standard InChI is InChI=1S/2C8H7O7P/c9-7(10)4-1-2-6(16(13,14)15)5(3-4)8(11)12;9-7(10)4-1-2-5(8(11)12)6(3-4)16(13,14)15/h2*1-3H,(H,9,10)(H,11,12)(H2,13,14,15). The minimum absolute atomic E-state index is 0.352. The molecule has 0 saturated carbocycles. The lowest BCUT2D eigenvalue weighted by molar-refractivity contribution is 0.0682. The van der Waals surface area contributed by atoms with Crippen LogP contribution in [0.1, 0.15) is 41.4 Å². The minimum Gasteiger partial charge on any atom is -0.478 e.